The highest BCUT2D eigenvalue weighted by molar-refractivity contribution is 9.10. The Hall–Kier alpha value is -2.41. The van der Waals surface area contributed by atoms with E-state index in [4.69, 9.17) is 4.74 Å². The van der Waals surface area contributed by atoms with E-state index in [1.165, 1.54) is 6.07 Å². The standard InChI is InChI=1S/C17H17BrN2O4/c1-3-9-24-16-8-7-12(10-13(16)18)17(21)19-14-5-4-6-15(11(14)2)20(22)23/h4-8,10H,3,9H2,1-2H3,(H,19,21). The van der Waals surface area contributed by atoms with Gasteiger partial charge in [-0.1, -0.05) is 13.0 Å². The van der Waals surface area contributed by atoms with E-state index < -0.39 is 4.92 Å². The van der Waals surface area contributed by atoms with Gasteiger partial charge in [0.2, 0.25) is 0 Å². The molecule has 0 bridgehead atoms. The molecule has 0 aliphatic carbocycles. The summed E-state index contributed by atoms with van der Waals surface area (Å²) in [6.45, 7) is 4.21. The molecule has 0 atom stereocenters. The van der Waals surface area contributed by atoms with Crippen molar-refractivity contribution in [2.45, 2.75) is 20.3 Å². The van der Waals surface area contributed by atoms with Crippen LogP contribution in [0.1, 0.15) is 29.3 Å². The third kappa shape index (κ3) is 4.11. The lowest BCUT2D eigenvalue weighted by atomic mass is 10.1. The highest BCUT2D eigenvalue weighted by atomic mass is 79.9. The molecule has 0 aliphatic rings. The number of carbonyl (C=O) groups excluding carboxylic acids is 1. The Bertz CT molecular complexity index is 777. The number of rotatable bonds is 6. The van der Waals surface area contributed by atoms with E-state index in [2.05, 4.69) is 21.2 Å². The minimum absolute atomic E-state index is 0.0303. The summed E-state index contributed by atoms with van der Waals surface area (Å²) >= 11 is 3.38. The van der Waals surface area contributed by atoms with Crippen molar-refractivity contribution < 1.29 is 14.5 Å². The lowest BCUT2D eigenvalue weighted by Crippen LogP contribution is -2.13. The first-order valence-corrected chi connectivity index (χ1v) is 8.21. The summed E-state index contributed by atoms with van der Waals surface area (Å²) in [5, 5.41) is 13.7. The molecule has 7 heteroatoms. The van der Waals surface area contributed by atoms with Gasteiger partial charge in [-0.05, 0) is 53.5 Å². The Balaban J connectivity index is 2.20. The predicted molar refractivity (Wildman–Crippen MR) is 95.7 cm³/mol. The third-order valence-electron chi connectivity index (χ3n) is 3.41. The summed E-state index contributed by atoms with van der Waals surface area (Å²) in [5.74, 6) is 0.321. The second kappa shape index (κ2) is 7.92. The fourth-order valence-corrected chi connectivity index (χ4v) is 2.62. The van der Waals surface area contributed by atoms with Crippen LogP contribution in [-0.2, 0) is 0 Å². The summed E-state index contributed by atoms with van der Waals surface area (Å²) in [6, 6.07) is 9.60. The molecule has 126 valence electrons. The first kappa shape index (κ1) is 17.9. The first-order chi connectivity index (χ1) is 11.4. The molecule has 0 saturated carbocycles. The maximum absolute atomic E-state index is 12.4. The van der Waals surface area contributed by atoms with Crippen molar-refractivity contribution >= 4 is 33.2 Å². The molecule has 1 amide bonds. The van der Waals surface area contributed by atoms with Crippen LogP contribution in [0.25, 0.3) is 0 Å². The second-order valence-corrected chi connectivity index (χ2v) is 6.01. The lowest BCUT2D eigenvalue weighted by Gasteiger charge is -2.11. The van der Waals surface area contributed by atoms with Crippen LogP contribution in [0.5, 0.6) is 5.75 Å². The number of hydrogen-bond acceptors (Lipinski definition) is 4. The van der Waals surface area contributed by atoms with Crippen LogP contribution in [0.3, 0.4) is 0 Å². The molecule has 6 nitrogen and oxygen atoms in total. The molecule has 0 unspecified atom stereocenters. The minimum atomic E-state index is -0.471. The Labute approximate surface area is 148 Å². The second-order valence-electron chi connectivity index (χ2n) is 5.15. The number of anilines is 1. The average molecular weight is 393 g/mol. The Morgan fingerprint density at radius 1 is 1.33 bits per heavy atom. The van der Waals surface area contributed by atoms with Gasteiger partial charge < -0.3 is 10.1 Å². The van der Waals surface area contributed by atoms with Gasteiger partial charge in [-0.25, -0.2) is 0 Å². The SMILES string of the molecule is CCCOc1ccc(C(=O)Nc2cccc([N+](=O)[O-])c2C)cc1Br. The van der Waals surface area contributed by atoms with Gasteiger partial charge in [-0.15, -0.1) is 0 Å². The van der Waals surface area contributed by atoms with E-state index in [-0.39, 0.29) is 11.6 Å². The molecular weight excluding hydrogens is 376 g/mol. The molecule has 1 N–H and O–H groups in total. The fourth-order valence-electron chi connectivity index (χ4n) is 2.12. The fraction of sp³-hybridized carbons (Fsp3) is 0.235. The molecule has 2 aromatic rings. The van der Waals surface area contributed by atoms with E-state index >= 15 is 0 Å². The van der Waals surface area contributed by atoms with Crippen LogP contribution in [0.15, 0.2) is 40.9 Å². The highest BCUT2D eigenvalue weighted by Gasteiger charge is 2.16. The zero-order valence-electron chi connectivity index (χ0n) is 13.3. The van der Waals surface area contributed by atoms with Gasteiger partial charge in [0.1, 0.15) is 5.75 Å². The molecule has 0 aromatic heterocycles. The van der Waals surface area contributed by atoms with Gasteiger partial charge in [0, 0.05) is 11.6 Å². The molecular formula is C17H17BrN2O4. The van der Waals surface area contributed by atoms with Crippen LogP contribution < -0.4 is 10.1 Å². The molecule has 0 saturated heterocycles. The first-order valence-electron chi connectivity index (χ1n) is 7.41. The van der Waals surface area contributed by atoms with E-state index in [1.54, 1.807) is 37.3 Å². The number of amides is 1. The van der Waals surface area contributed by atoms with Crippen LogP contribution in [0, 0.1) is 17.0 Å². The summed E-state index contributed by atoms with van der Waals surface area (Å²) in [6.07, 6.45) is 0.890. The van der Waals surface area contributed by atoms with Crippen molar-refractivity contribution in [1.82, 2.24) is 0 Å². The molecule has 2 aromatic carbocycles. The number of benzene rings is 2. The van der Waals surface area contributed by atoms with Crippen molar-refractivity contribution in [2.24, 2.45) is 0 Å². The van der Waals surface area contributed by atoms with Gasteiger partial charge in [0.15, 0.2) is 0 Å². The Morgan fingerprint density at radius 2 is 2.08 bits per heavy atom. The number of nitro groups is 1. The van der Waals surface area contributed by atoms with Crippen LogP contribution in [0.4, 0.5) is 11.4 Å². The van der Waals surface area contributed by atoms with Gasteiger partial charge in [-0.2, -0.15) is 0 Å². The van der Waals surface area contributed by atoms with Crippen molar-refractivity contribution in [1.29, 1.82) is 0 Å². The van der Waals surface area contributed by atoms with Gasteiger partial charge in [0.05, 0.1) is 27.3 Å². The Morgan fingerprint density at radius 3 is 2.71 bits per heavy atom. The average Bonchev–Trinajstić information content (AvgIpc) is 2.55. The maximum atomic E-state index is 12.4. The summed E-state index contributed by atoms with van der Waals surface area (Å²) in [7, 11) is 0. The van der Waals surface area contributed by atoms with Gasteiger partial charge >= 0.3 is 0 Å². The molecule has 0 aliphatic heterocycles. The van der Waals surface area contributed by atoms with Crippen molar-refractivity contribution in [3.05, 3.63) is 62.1 Å². The topological polar surface area (TPSA) is 81.5 Å². The quantitative estimate of drug-likeness (QED) is 0.570. The van der Waals surface area contributed by atoms with Crippen LogP contribution in [0.2, 0.25) is 0 Å². The van der Waals surface area contributed by atoms with Crippen LogP contribution in [-0.4, -0.2) is 17.4 Å². The molecule has 0 fully saturated rings. The van der Waals surface area contributed by atoms with Crippen LogP contribution >= 0.6 is 15.9 Å². The summed E-state index contributed by atoms with van der Waals surface area (Å²) in [5.41, 5.74) is 1.23. The summed E-state index contributed by atoms with van der Waals surface area (Å²) < 4.78 is 6.23. The number of hydrogen-bond donors (Lipinski definition) is 1. The highest BCUT2D eigenvalue weighted by Crippen LogP contribution is 2.28. The van der Waals surface area contributed by atoms with Crippen molar-refractivity contribution in [3.8, 4) is 5.75 Å². The molecule has 2 rings (SSSR count). The summed E-state index contributed by atoms with van der Waals surface area (Å²) in [4.78, 5) is 22.9. The number of nitrogens with one attached hydrogen (secondary N) is 1. The molecule has 0 spiro atoms. The molecule has 24 heavy (non-hydrogen) atoms. The van der Waals surface area contributed by atoms with E-state index in [0.717, 1.165) is 6.42 Å². The van der Waals surface area contributed by atoms with E-state index in [1.807, 2.05) is 6.92 Å². The van der Waals surface area contributed by atoms with Gasteiger partial charge in [0.25, 0.3) is 11.6 Å². The number of nitro benzene ring substituents is 1. The largest absolute Gasteiger partial charge is 0.492 e. The van der Waals surface area contributed by atoms with Crippen molar-refractivity contribution in [2.75, 3.05) is 11.9 Å². The predicted octanol–water partition coefficient (Wildman–Crippen LogP) is 4.71. The number of halogens is 1. The van der Waals surface area contributed by atoms with Crippen molar-refractivity contribution in [3.63, 3.8) is 0 Å². The minimum Gasteiger partial charge on any atom is -0.492 e. The Kier molecular flexibility index (Phi) is 5.92. The zero-order valence-corrected chi connectivity index (χ0v) is 14.9. The number of carbonyl (C=O) groups is 1. The maximum Gasteiger partial charge on any atom is 0.274 e. The monoisotopic (exact) mass is 392 g/mol. The molecule has 0 radical (unpaired) electrons. The third-order valence-corrected chi connectivity index (χ3v) is 4.03. The lowest BCUT2D eigenvalue weighted by molar-refractivity contribution is -0.385. The van der Waals surface area contributed by atoms with Gasteiger partial charge in [-0.3, -0.25) is 14.9 Å². The molecule has 0 heterocycles. The smallest absolute Gasteiger partial charge is 0.274 e. The van der Waals surface area contributed by atoms with E-state index in [0.29, 0.717) is 33.6 Å². The zero-order chi connectivity index (χ0) is 17.7. The normalized spacial score (nSPS) is 10.3. The number of ether oxygens (including phenoxy) is 1. The number of nitrogens with zero attached hydrogens (tertiary/aromatic N) is 1. The van der Waals surface area contributed by atoms with E-state index in [9.17, 15) is 14.9 Å².